The summed E-state index contributed by atoms with van der Waals surface area (Å²) < 4.78 is 40.5. The molecule has 2 heterocycles. The van der Waals surface area contributed by atoms with Crippen molar-refractivity contribution >= 4 is 50.2 Å². The first kappa shape index (κ1) is 26.8. The number of oxime groups is 1. The first-order chi connectivity index (χ1) is 16.8. The zero-order valence-electron chi connectivity index (χ0n) is 19.0. The number of rotatable bonds is 11. The van der Waals surface area contributed by atoms with Crippen LogP contribution >= 0.6 is 11.3 Å². The standard InChI is InChI=1S/C19H23N7O8S2/c1-19(2)14(17(28)26(19)34-36(29,30)31)24-16(27)13(12-9-35-18(22)23-12)25-33-8-7-32-11-5-3-10(4-6-11)15(20)21/h3-6,9,14H,7-8H2,1-2H3,(H3,20,21)(H2,22,23)(H,24,27)(H,29,30,31). The summed E-state index contributed by atoms with van der Waals surface area (Å²) in [5, 5.41) is 15.7. The van der Waals surface area contributed by atoms with Gasteiger partial charge in [-0.15, -0.1) is 15.6 Å². The SMILES string of the molecule is CC1(C)C(NC(=O)C(=NOCCOc2ccc(C(=N)N)cc2)c2csc(N)n2)C(=O)N1OS(=O)(=O)O. The van der Waals surface area contributed by atoms with Crippen LogP contribution in [0, 0.1) is 5.41 Å². The third-order valence-electron chi connectivity index (χ3n) is 4.87. The second kappa shape index (κ2) is 10.4. The Morgan fingerprint density at radius 2 is 2.00 bits per heavy atom. The highest BCUT2D eigenvalue weighted by Gasteiger charge is 2.58. The number of carbonyl (C=O) groups is 2. The molecule has 1 atom stereocenters. The van der Waals surface area contributed by atoms with Crippen molar-refractivity contribution in [2.24, 2.45) is 10.9 Å². The lowest BCUT2D eigenvalue weighted by Crippen LogP contribution is -2.76. The summed E-state index contributed by atoms with van der Waals surface area (Å²) in [4.78, 5) is 34.4. The monoisotopic (exact) mass is 541 g/mol. The van der Waals surface area contributed by atoms with Gasteiger partial charge in [0.1, 0.15) is 29.9 Å². The average molecular weight is 542 g/mol. The molecule has 1 saturated heterocycles. The van der Waals surface area contributed by atoms with E-state index in [0.717, 1.165) is 11.3 Å². The van der Waals surface area contributed by atoms with Crippen LogP contribution in [-0.2, 0) is 29.1 Å². The molecule has 0 saturated carbocycles. The van der Waals surface area contributed by atoms with Crippen LogP contribution in [0.25, 0.3) is 0 Å². The van der Waals surface area contributed by atoms with Crippen molar-refractivity contribution in [3.8, 4) is 5.75 Å². The third kappa shape index (κ3) is 6.25. The van der Waals surface area contributed by atoms with Gasteiger partial charge in [-0.05, 0) is 38.1 Å². The van der Waals surface area contributed by atoms with Gasteiger partial charge in [-0.3, -0.25) is 19.6 Å². The highest BCUT2D eigenvalue weighted by molar-refractivity contribution is 7.80. The number of β-lactam (4-membered cyclic amide) rings is 1. The Kier molecular flexibility index (Phi) is 7.77. The van der Waals surface area contributed by atoms with Gasteiger partial charge in [0.25, 0.3) is 11.8 Å². The summed E-state index contributed by atoms with van der Waals surface area (Å²) >= 11 is 1.05. The van der Waals surface area contributed by atoms with Gasteiger partial charge < -0.3 is 26.4 Å². The number of ether oxygens (including phenoxy) is 1. The molecule has 1 aromatic carbocycles. The second-order valence-electron chi connectivity index (χ2n) is 7.83. The number of hydroxylamine groups is 2. The predicted octanol–water partition coefficient (Wildman–Crippen LogP) is -0.351. The van der Waals surface area contributed by atoms with Crippen LogP contribution < -0.4 is 21.5 Å². The molecule has 17 heteroatoms. The number of hydrogen-bond acceptors (Lipinski definition) is 12. The topological polar surface area (TPSA) is 233 Å². The summed E-state index contributed by atoms with van der Waals surface area (Å²) in [5.41, 5.74) is 10.1. The van der Waals surface area contributed by atoms with Crippen LogP contribution in [0.2, 0.25) is 0 Å². The maximum Gasteiger partial charge on any atom is 0.418 e. The third-order valence-corrected chi connectivity index (χ3v) is 5.88. The van der Waals surface area contributed by atoms with E-state index in [1.54, 1.807) is 24.3 Å². The summed E-state index contributed by atoms with van der Waals surface area (Å²) in [5.74, 6) is -1.33. The number of nitrogens with one attached hydrogen (secondary N) is 2. The molecule has 1 fully saturated rings. The molecule has 2 amide bonds. The molecular formula is C19H23N7O8S2. The Bertz CT molecular complexity index is 1290. The molecule has 1 aliphatic heterocycles. The number of carbonyl (C=O) groups excluding carboxylic acids is 2. The normalized spacial score (nSPS) is 17.3. The van der Waals surface area contributed by atoms with E-state index >= 15 is 0 Å². The molecule has 1 aromatic heterocycles. The fraction of sp³-hybridized carbons (Fsp3) is 0.316. The van der Waals surface area contributed by atoms with E-state index in [-0.39, 0.29) is 35.6 Å². The fourth-order valence-corrected chi connectivity index (χ4v) is 4.06. The Morgan fingerprint density at radius 3 is 2.53 bits per heavy atom. The second-order valence-corrected chi connectivity index (χ2v) is 9.72. The van der Waals surface area contributed by atoms with Crippen LogP contribution in [0.5, 0.6) is 5.75 Å². The molecule has 0 aliphatic carbocycles. The first-order valence-corrected chi connectivity index (χ1v) is 12.3. The van der Waals surface area contributed by atoms with E-state index in [2.05, 4.69) is 19.7 Å². The molecule has 3 rings (SSSR count). The van der Waals surface area contributed by atoms with Gasteiger partial charge >= 0.3 is 10.4 Å². The highest BCUT2D eigenvalue weighted by Crippen LogP contribution is 2.32. The van der Waals surface area contributed by atoms with Crippen molar-refractivity contribution in [2.45, 2.75) is 25.4 Å². The zero-order valence-corrected chi connectivity index (χ0v) is 20.6. The molecule has 1 aliphatic rings. The minimum atomic E-state index is -4.94. The Hall–Kier alpha value is -3.80. The summed E-state index contributed by atoms with van der Waals surface area (Å²) in [7, 11) is -4.94. The average Bonchev–Trinajstić information content (AvgIpc) is 3.23. The van der Waals surface area contributed by atoms with Crippen molar-refractivity contribution in [3.63, 3.8) is 0 Å². The number of nitrogens with two attached hydrogens (primary N) is 2. The molecule has 7 N–H and O–H groups in total. The lowest BCUT2D eigenvalue weighted by atomic mass is 9.84. The molecule has 0 radical (unpaired) electrons. The quantitative estimate of drug-likeness (QED) is 0.0615. The maximum atomic E-state index is 12.9. The van der Waals surface area contributed by atoms with Crippen LogP contribution in [0.1, 0.15) is 25.1 Å². The van der Waals surface area contributed by atoms with Gasteiger partial charge in [0.2, 0.25) is 0 Å². The molecule has 2 aromatic rings. The maximum absolute atomic E-state index is 12.9. The number of amidine groups is 1. The Labute approximate surface area is 209 Å². The van der Waals surface area contributed by atoms with Gasteiger partial charge in [-0.1, -0.05) is 5.16 Å². The lowest BCUT2D eigenvalue weighted by Gasteiger charge is -2.50. The van der Waals surface area contributed by atoms with Crippen molar-refractivity contribution in [1.29, 1.82) is 5.41 Å². The number of hydrogen-bond donors (Lipinski definition) is 5. The zero-order chi connectivity index (χ0) is 26.7. The van der Waals surface area contributed by atoms with E-state index in [1.807, 2.05) is 0 Å². The minimum Gasteiger partial charge on any atom is -0.490 e. The number of nitrogens with zero attached hydrogens (tertiary/aromatic N) is 3. The molecule has 15 nitrogen and oxygen atoms in total. The molecule has 0 spiro atoms. The van der Waals surface area contributed by atoms with E-state index in [9.17, 15) is 18.0 Å². The van der Waals surface area contributed by atoms with E-state index < -0.39 is 33.8 Å². The largest absolute Gasteiger partial charge is 0.490 e. The Balaban J connectivity index is 1.64. The number of benzene rings is 1. The lowest BCUT2D eigenvalue weighted by molar-refractivity contribution is -0.218. The van der Waals surface area contributed by atoms with Crippen molar-refractivity contribution in [1.82, 2.24) is 15.4 Å². The van der Waals surface area contributed by atoms with Crippen LogP contribution in [0.4, 0.5) is 5.13 Å². The summed E-state index contributed by atoms with van der Waals surface area (Å²) in [6.07, 6.45) is 0. The van der Waals surface area contributed by atoms with Crippen molar-refractivity contribution in [3.05, 3.63) is 40.9 Å². The molecule has 1 unspecified atom stereocenters. The van der Waals surface area contributed by atoms with Gasteiger partial charge in [-0.25, -0.2) is 4.98 Å². The number of amides is 2. The number of thiazole rings is 1. The minimum absolute atomic E-state index is 0.0608. The van der Waals surface area contributed by atoms with Crippen molar-refractivity contribution in [2.75, 3.05) is 18.9 Å². The Morgan fingerprint density at radius 1 is 1.33 bits per heavy atom. The smallest absolute Gasteiger partial charge is 0.418 e. The highest BCUT2D eigenvalue weighted by atomic mass is 32.3. The van der Waals surface area contributed by atoms with Gasteiger partial charge in [-0.2, -0.15) is 13.5 Å². The van der Waals surface area contributed by atoms with Gasteiger partial charge in [0, 0.05) is 10.9 Å². The summed E-state index contributed by atoms with van der Waals surface area (Å²) in [6.45, 7) is 2.83. The fourth-order valence-electron chi connectivity index (χ4n) is 3.06. The van der Waals surface area contributed by atoms with Crippen molar-refractivity contribution < 1.29 is 36.4 Å². The number of anilines is 1. The molecule has 0 bridgehead atoms. The van der Waals surface area contributed by atoms with Crippen LogP contribution in [-0.4, -0.2) is 71.2 Å². The van der Waals surface area contributed by atoms with E-state index in [1.165, 1.54) is 19.2 Å². The first-order valence-electron chi connectivity index (χ1n) is 10.1. The molecule has 194 valence electrons. The van der Waals surface area contributed by atoms with Crippen LogP contribution in [0.15, 0.2) is 34.8 Å². The molecule has 36 heavy (non-hydrogen) atoms. The van der Waals surface area contributed by atoms with Crippen LogP contribution in [0.3, 0.4) is 0 Å². The van der Waals surface area contributed by atoms with Gasteiger partial charge in [0.15, 0.2) is 17.5 Å². The van der Waals surface area contributed by atoms with E-state index in [0.29, 0.717) is 16.4 Å². The summed E-state index contributed by atoms with van der Waals surface area (Å²) in [6, 6.07) is 5.30. The number of nitrogen functional groups attached to an aromatic ring is 2. The predicted molar refractivity (Wildman–Crippen MR) is 127 cm³/mol. The van der Waals surface area contributed by atoms with Gasteiger partial charge in [0.05, 0.1) is 5.54 Å². The van der Waals surface area contributed by atoms with E-state index in [4.69, 9.17) is 31.0 Å². The molecular weight excluding hydrogens is 518 g/mol. The number of aromatic nitrogens is 1.